The lowest BCUT2D eigenvalue weighted by molar-refractivity contribution is 0.105. The van der Waals surface area contributed by atoms with Gasteiger partial charge in [0.2, 0.25) is 11.8 Å². The average Bonchev–Trinajstić information content (AvgIpc) is 3.34. The standard InChI is InChI=1S/C21H19N3O5S/c1-4-26-21(25)29-18-9-22-8-16-15(11-30-19(16)18)10-27-17-7-14(6-5-12(17)2)20-24-23-13(3)28-20/h5-9,11H,4,10H2,1-3H3. The third kappa shape index (κ3) is 4.11. The Balaban J connectivity index is 1.55. The highest BCUT2D eigenvalue weighted by Gasteiger charge is 2.15. The van der Waals surface area contributed by atoms with Crippen LogP contribution in [-0.4, -0.2) is 27.9 Å². The summed E-state index contributed by atoms with van der Waals surface area (Å²) >= 11 is 1.46. The monoisotopic (exact) mass is 425 g/mol. The van der Waals surface area contributed by atoms with Gasteiger partial charge >= 0.3 is 6.16 Å². The Kier molecular flexibility index (Phi) is 5.62. The predicted octanol–water partition coefficient (Wildman–Crippen LogP) is 5.08. The van der Waals surface area contributed by atoms with Crippen LogP contribution in [0.5, 0.6) is 11.5 Å². The molecule has 154 valence electrons. The Morgan fingerprint density at radius 1 is 1.17 bits per heavy atom. The van der Waals surface area contributed by atoms with Gasteiger partial charge in [0, 0.05) is 29.6 Å². The van der Waals surface area contributed by atoms with Crippen LogP contribution in [0.2, 0.25) is 0 Å². The second-order valence-corrected chi connectivity index (χ2v) is 7.34. The van der Waals surface area contributed by atoms with Gasteiger partial charge in [0.1, 0.15) is 12.4 Å². The van der Waals surface area contributed by atoms with E-state index in [-0.39, 0.29) is 6.61 Å². The molecule has 0 spiro atoms. The molecule has 0 aliphatic rings. The number of aryl methyl sites for hydroxylation is 2. The van der Waals surface area contributed by atoms with Crippen LogP contribution in [0.3, 0.4) is 0 Å². The predicted molar refractivity (Wildman–Crippen MR) is 111 cm³/mol. The molecule has 9 heteroatoms. The van der Waals surface area contributed by atoms with Crippen LogP contribution in [0.25, 0.3) is 21.5 Å². The first-order valence-electron chi connectivity index (χ1n) is 9.27. The van der Waals surface area contributed by atoms with Crippen molar-refractivity contribution in [3.05, 3.63) is 53.0 Å². The summed E-state index contributed by atoms with van der Waals surface area (Å²) in [4.78, 5) is 15.8. The lowest BCUT2D eigenvalue weighted by Gasteiger charge is -2.10. The zero-order valence-electron chi connectivity index (χ0n) is 16.7. The van der Waals surface area contributed by atoms with Gasteiger partial charge in [0.15, 0.2) is 5.75 Å². The molecule has 0 saturated heterocycles. The molecule has 0 amide bonds. The normalized spacial score (nSPS) is 10.9. The van der Waals surface area contributed by atoms with Crippen LogP contribution < -0.4 is 9.47 Å². The van der Waals surface area contributed by atoms with E-state index in [2.05, 4.69) is 15.2 Å². The molecule has 0 radical (unpaired) electrons. The van der Waals surface area contributed by atoms with E-state index in [4.69, 9.17) is 18.6 Å². The van der Waals surface area contributed by atoms with Crippen LogP contribution in [0.15, 0.2) is 40.4 Å². The van der Waals surface area contributed by atoms with Gasteiger partial charge in [0.05, 0.1) is 17.5 Å². The maximum absolute atomic E-state index is 11.7. The van der Waals surface area contributed by atoms with E-state index in [1.54, 1.807) is 20.0 Å². The summed E-state index contributed by atoms with van der Waals surface area (Å²) in [5.74, 6) is 2.04. The number of hydrogen-bond acceptors (Lipinski definition) is 9. The fourth-order valence-electron chi connectivity index (χ4n) is 2.85. The van der Waals surface area contributed by atoms with Crippen molar-refractivity contribution >= 4 is 27.6 Å². The molecular weight excluding hydrogens is 406 g/mol. The molecule has 3 aromatic heterocycles. The molecule has 0 saturated carbocycles. The molecule has 8 nitrogen and oxygen atoms in total. The Bertz CT molecular complexity index is 1200. The number of carbonyl (C=O) groups excluding carboxylic acids is 1. The maximum Gasteiger partial charge on any atom is 0.513 e. The van der Waals surface area contributed by atoms with Crippen LogP contribution in [0.1, 0.15) is 23.9 Å². The Labute approximate surface area is 176 Å². The smallest absolute Gasteiger partial charge is 0.489 e. The van der Waals surface area contributed by atoms with Crippen molar-refractivity contribution in [2.45, 2.75) is 27.4 Å². The summed E-state index contributed by atoms with van der Waals surface area (Å²) in [5.41, 5.74) is 2.72. The molecule has 4 aromatic rings. The molecule has 30 heavy (non-hydrogen) atoms. The molecule has 0 unspecified atom stereocenters. The molecule has 0 bridgehead atoms. The van der Waals surface area contributed by atoms with Crippen molar-refractivity contribution in [1.82, 2.24) is 15.2 Å². The van der Waals surface area contributed by atoms with Gasteiger partial charge in [-0.2, -0.15) is 0 Å². The highest BCUT2D eigenvalue weighted by Crippen LogP contribution is 2.34. The minimum absolute atomic E-state index is 0.243. The van der Waals surface area contributed by atoms with Crippen molar-refractivity contribution in [2.75, 3.05) is 6.61 Å². The van der Waals surface area contributed by atoms with Gasteiger partial charge in [-0.25, -0.2) is 4.79 Å². The maximum atomic E-state index is 11.7. The van der Waals surface area contributed by atoms with Crippen molar-refractivity contribution in [2.24, 2.45) is 0 Å². The average molecular weight is 425 g/mol. The van der Waals surface area contributed by atoms with E-state index in [0.29, 0.717) is 24.1 Å². The lowest BCUT2D eigenvalue weighted by Crippen LogP contribution is -2.10. The summed E-state index contributed by atoms with van der Waals surface area (Å²) in [6.45, 7) is 6.01. The minimum atomic E-state index is -0.748. The topological polar surface area (TPSA) is 96.6 Å². The van der Waals surface area contributed by atoms with Crippen molar-refractivity contribution in [3.63, 3.8) is 0 Å². The fraction of sp³-hybridized carbons (Fsp3) is 0.238. The van der Waals surface area contributed by atoms with Crippen molar-refractivity contribution in [1.29, 1.82) is 0 Å². The number of aromatic nitrogens is 3. The van der Waals surface area contributed by atoms with Crippen molar-refractivity contribution in [3.8, 4) is 23.0 Å². The minimum Gasteiger partial charge on any atom is -0.489 e. The highest BCUT2D eigenvalue weighted by atomic mass is 32.1. The van der Waals surface area contributed by atoms with Gasteiger partial charge in [-0.05, 0) is 36.9 Å². The van der Waals surface area contributed by atoms with Crippen LogP contribution in [0, 0.1) is 13.8 Å². The molecule has 0 aliphatic carbocycles. The largest absolute Gasteiger partial charge is 0.513 e. The van der Waals surface area contributed by atoms with E-state index < -0.39 is 6.16 Å². The molecule has 0 aliphatic heterocycles. The first-order valence-corrected chi connectivity index (χ1v) is 10.2. The summed E-state index contributed by atoms with van der Waals surface area (Å²) in [6, 6.07) is 5.74. The quantitative estimate of drug-likeness (QED) is 0.395. The molecule has 0 N–H and O–H groups in total. The summed E-state index contributed by atoms with van der Waals surface area (Å²) in [5, 5.41) is 10.7. The first-order chi connectivity index (χ1) is 14.5. The Morgan fingerprint density at radius 3 is 2.80 bits per heavy atom. The van der Waals surface area contributed by atoms with E-state index >= 15 is 0 Å². The second kappa shape index (κ2) is 8.50. The highest BCUT2D eigenvalue weighted by molar-refractivity contribution is 7.17. The number of hydrogen-bond donors (Lipinski definition) is 0. The Morgan fingerprint density at radius 2 is 2.03 bits per heavy atom. The SMILES string of the molecule is CCOC(=O)Oc1cncc2c(COc3cc(-c4nnc(C)o4)ccc3C)csc12. The van der Waals surface area contributed by atoms with Gasteiger partial charge in [0.25, 0.3) is 0 Å². The van der Waals surface area contributed by atoms with E-state index in [1.165, 1.54) is 17.5 Å². The van der Waals surface area contributed by atoms with Gasteiger partial charge < -0.3 is 18.6 Å². The number of carbonyl (C=O) groups is 1. The molecular formula is C21H19N3O5S. The molecule has 4 rings (SSSR count). The zero-order valence-corrected chi connectivity index (χ0v) is 17.5. The molecule has 3 heterocycles. The zero-order chi connectivity index (χ0) is 21.1. The molecule has 1 aromatic carbocycles. The fourth-order valence-corrected chi connectivity index (χ4v) is 3.83. The number of thiophene rings is 1. The van der Waals surface area contributed by atoms with Gasteiger partial charge in [-0.15, -0.1) is 21.5 Å². The number of rotatable bonds is 6. The Hall–Kier alpha value is -3.46. The van der Waals surface area contributed by atoms with Crippen LogP contribution in [0.4, 0.5) is 4.79 Å². The van der Waals surface area contributed by atoms with E-state index in [9.17, 15) is 4.79 Å². The summed E-state index contributed by atoms with van der Waals surface area (Å²) < 4.78 is 22.5. The third-order valence-corrected chi connectivity index (χ3v) is 5.39. The number of ether oxygens (including phenoxy) is 3. The summed E-state index contributed by atoms with van der Waals surface area (Å²) in [6.07, 6.45) is 2.48. The van der Waals surface area contributed by atoms with E-state index in [1.807, 2.05) is 30.5 Å². The number of fused-ring (bicyclic) bond motifs is 1. The van der Waals surface area contributed by atoms with Crippen LogP contribution >= 0.6 is 11.3 Å². The van der Waals surface area contributed by atoms with Crippen LogP contribution in [-0.2, 0) is 11.3 Å². The van der Waals surface area contributed by atoms with E-state index in [0.717, 1.165) is 32.5 Å². The molecule has 0 fully saturated rings. The first kappa shape index (κ1) is 19.8. The molecule has 0 atom stereocenters. The third-order valence-electron chi connectivity index (χ3n) is 4.33. The van der Waals surface area contributed by atoms with Crippen molar-refractivity contribution < 1.29 is 23.4 Å². The number of nitrogens with zero attached hydrogens (tertiary/aromatic N) is 3. The lowest BCUT2D eigenvalue weighted by atomic mass is 10.1. The van der Waals surface area contributed by atoms with Gasteiger partial charge in [-0.1, -0.05) is 6.07 Å². The second-order valence-electron chi connectivity index (χ2n) is 6.46. The number of pyridine rings is 1. The number of benzene rings is 1. The van der Waals surface area contributed by atoms with Gasteiger partial charge in [-0.3, -0.25) is 4.98 Å². The summed E-state index contributed by atoms with van der Waals surface area (Å²) in [7, 11) is 0.